The molecular formula is C19H26N4O2. The normalized spacial score (nSPS) is 18.3. The van der Waals surface area contributed by atoms with Crippen LogP contribution in [0.25, 0.3) is 5.69 Å². The number of aromatic nitrogens is 2. The lowest BCUT2D eigenvalue weighted by atomic mass is 10.0. The van der Waals surface area contributed by atoms with Gasteiger partial charge in [-0.25, -0.2) is 4.68 Å². The van der Waals surface area contributed by atoms with Crippen molar-refractivity contribution in [3.63, 3.8) is 0 Å². The van der Waals surface area contributed by atoms with E-state index in [9.17, 15) is 9.90 Å². The number of aliphatic hydroxyl groups is 1. The Balaban J connectivity index is 1.72. The zero-order chi connectivity index (χ0) is 17.8. The van der Waals surface area contributed by atoms with Gasteiger partial charge in [-0.05, 0) is 45.4 Å². The fourth-order valence-corrected chi connectivity index (χ4v) is 3.31. The molecule has 2 heterocycles. The molecule has 1 amide bonds. The summed E-state index contributed by atoms with van der Waals surface area (Å²) in [7, 11) is 0. The number of carbonyl (C=O) groups is 1. The predicted octanol–water partition coefficient (Wildman–Crippen LogP) is 2.27. The maximum atomic E-state index is 12.5. The highest BCUT2D eigenvalue weighted by atomic mass is 16.3. The number of likely N-dealkylation sites (tertiary alicyclic amines) is 1. The zero-order valence-electron chi connectivity index (χ0n) is 14.9. The van der Waals surface area contributed by atoms with Crippen molar-refractivity contribution in [2.24, 2.45) is 0 Å². The monoisotopic (exact) mass is 342 g/mol. The fraction of sp³-hybridized carbons (Fsp3) is 0.474. The maximum Gasteiger partial charge on any atom is 0.239 e. The van der Waals surface area contributed by atoms with Crippen LogP contribution in [-0.2, 0) is 4.79 Å². The second-order valence-electron chi connectivity index (χ2n) is 6.77. The summed E-state index contributed by atoms with van der Waals surface area (Å²) in [4.78, 5) is 14.6. The minimum absolute atomic E-state index is 0.0754. The molecule has 2 aromatic rings. The molecule has 3 rings (SSSR count). The van der Waals surface area contributed by atoms with Crippen LogP contribution in [0.1, 0.15) is 30.5 Å². The molecule has 1 fully saturated rings. The molecule has 1 saturated heterocycles. The number of aliphatic hydroxyl groups excluding tert-OH is 1. The van der Waals surface area contributed by atoms with Gasteiger partial charge >= 0.3 is 0 Å². The highest BCUT2D eigenvalue weighted by molar-refractivity contribution is 5.91. The largest absolute Gasteiger partial charge is 0.395 e. The Kier molecular flexibility index (Phi) is 5.50. The highest BCUT2D eigenvalue weighted by Crippen LogP contribution is 2.19. The second-order valence-corrected chi connectivity index (χ2v) is 6.77. The lowest BCUT2D eigenvalue weighted by Gasteiger charge is -2.33. The summed E-state index contributed by atoms with van der Waals surface area (Å²) in [6, 6.07) is 9.99. The van der Waals surface area contributed by atoms with Crippen molar-refractivity contribution in [2.75, 3.05) is 25.0 Å². The molecule has 1 aromatic carbocycles. The summed E-state index contributed by atoms with van der Waals surface area (Å²) < 4.78 is 1.76. The number of piperidine rings is 1. The average molecular weight is 342 g/mol. The van der Waals surface area contributed by atoms with Gasteiger partial charge in [-0.1, -0.05) is 24.1 Å². The first-order valence-electron chi connectivity index (χ1n) is 8.85. The highest BCUT2D eigenvalue weighted by Gasteiger charge is 2.24. The third kappa shape index (κ3) is 4.27. The van der Waals surface area contributed by atoms with Crippen molar-refractivity contribution in [3.05, 3.63) is 41.6 Å². The fourth-order valence-electron chi connectivity index (χ4n) is 3.31. The molecule has 2 N–H and O–H groups in total. The summed E-state index contributed by atoms with van der Waals surface area (Å²) in [6.07, 6.45) is 3.14. The lowest BCUT2D eigenvalue weighted by Crippen LogP contribution is -2.45. The number of nitrogens with one attached hydrogen (secondary N) is 1. The van der Waals surface area contributed by atoms with Crippen LogP contribution < -0.4 is 5.32 Å². The Morgan fingerprint density at radius 1 is 1.28 bits per heavy atom. The van der Waals surface area contributed by atoms with Gasteiger partial charge in [0, 0.05) is 12.1 Å². The third-order valence-corrected chi connectivity index (χ3v) is 4.68. The molecule has 1 aliphatic rings. The quantitative estimate of drug-likeness (QED) is 0.874. The molecule has 0 spiro atoms. The molecule has 1 aliphatic heterocycles. The molecule has 0 saturated carbocycles. The Morgan fingerprint density at radius 3 is 2.76 bits per heavy atom. The van der Waals surface area contributed by atoms with Crippen LogP contribution in [0.15, 0.2) is 30.3 Å². The van der Waals surface area contributed by atoms with Gasteiger partial charge in [-0.15, -0.1) is 0 Å². The van der Waals surface area contributed by atoms with Gasteiger partial charge in [-0.2, -0.15) is 5.10 Å². The molecule has 134 valence electrons. The van der Waals surface area contributed by atoms with Crippen LogP contribution in [0.5, 0.6) is 0 Å². The molecule has 6 heteroatoms. The third-order valence-electron chi connectivity index (χ3n) is 4.68. The van der Waals surface area contributed by atoms with Crippen LogP contribution in [0, 0.1) is 13.8 Å². The summed E-state index contributed by atoms with van der Waals surface area (Å²) >= 11 is 0. The summed E-state index contributed by atoms with van der Waals surface area (Å²) in [5.41, 5.74) is 2.95. The van der Waals surface area contributed by atoms with E-state index < -0.39 is 0 Å². The van der Waals surface area contributed by atoms with Crippen LogP contribution in [-0.4, -0.2) is 51.4 Å². The van der Waals surface area contributed by atoms with Gasteiger partial charge in [0.2, 0.25) is 5.91 Å². The zero-order valence-corrected chi connectivity index (χ0v) is 14.9. The summed E-state index contributed by atoms with van der Waals surface area (Å²) in [6.45, 7) is 5.20. The number of hydrogen-bond acceptors (Lipinski definition) is 4. The average Bonchev–Trinajstić information content (AvgIpc) is 2.96. The minimum Gasteiger partial charge on any atom is -0.395 e. The van der Waals surface area contributed by atoms with Crippen LogP contribution >= 0.6 is 0 Å². The molecule has 0 aliphatic carbocycles. The van der Waals surface area contributed by atoms with Crippen molar-refractivity contribution in [2.45, 2.75) is 39.2 Å². The number of carbonyl (C=O) groups excluding carboxylic acids is 1. The molecule has 0 bridgehead atoms. The van der Waals surface area contributed by atoms with Crippen LogP contribution in [0.3, 0.4) is 0 Å². The Labute approximate surface area is 148 Å². The Hall–Kier alpha value is -2.18. The van der Waals surface area contributed by atoms with Gasteiger partial charge in [-0.3, -0.25) is 9.69 Å². The predicted molar refractivity (Wildman–Crippen MR) is 98.0 cm³/mol. The van der Waals surface area contributed by atoms with Crippen molar-refractivity contribution < 1.29 is 9.90 Å². The van der Waals surface area contributed by atoms with Gasteiger partial charge in [0.25, 0.3) is 0 Å². The molecule has 1 unspecified atom stereocenters. The molecule has 0 radical (unpaired) electrons. The SMILES string of the molecule is Cc1ccc(-n2nc(C)cc2NC(=O)CN2CCCCC2CO)cc1. The molecular weight excluding hydrogens is 316 g/mol. The number of benzene rings is 1. The van der Waals surface area contributed by atoms with E-state index in [-0.39, 0.29) is 18.6 Å². The number of anilines is 1. The van der Waals surface area contributed by atoms with Gasteiger partial charge in [0.15, 0.2) is 0 Å². The lowest BCUT2D eigenvalue weighted by molar-refractivity contribution is -0.118. The number of rotatable bonds is 5. The van der Waals surface area contributed by atoms with E-state index in [0.717, 1.165) is 37.2 Å². The van der Waals surface area contributed by atoms with Gasteiger partial charge in [0.1, 0.15) is 5.82 Å². The van der Waals surface area contributed by atoms with E-state index in [1.807, 2.05) is 44.2 Å². The smallest absolute Gasteiger partial charge is 0.239 e. The Bertz CT molecular complexity index is 724. The first-order valence-corrected chi connectivity index (χ1v) is 8.85. The summed E-state index contributed by atoms with van der Waals surface area (Å²) in [5, 5.41) is 17.0. The van der Waals surface area contributed by atoms with Crippen molar-refractivity contribution in [1.29, 1.82) is 0 Å². The Morgan fingerprint density at radius 2 is 2.04 bits per heavy atom. The van der Waals surface area contributed by atoms with Gasteiger partial charge < -0.3 is 10.4 Å². The van der Waals surface area contributed by atoms with Crippen molar-refractivity contribution in [3.8, 4) is 5.69 Å². The topological polar surface area (TPSA) is 70.4 Å². The van der Waals surface area contributed by atoms with Crippen LogP contribution in [0.2, 0.25) is 0 Å². The van der Waals surface area contributed by atoms with E-state index in [1.165, 1.54) is 5.56 Å². The standard InChI is InChI=1S/C19H26N4O2/c1-14-6-8-16(9-7-14)23-18(11-15(2)21-23)20-19(25)12-22-10-4-3-5-17(22)13-24/h6-9,11,17,24H,3-5,10,12-13H2,1-2H3,(H,20,25). The van der Waals surface area contributed by atoms with E-state index in [1.54, 1.807) is 4.68 Å². The second kappa shape index (κ2) is 7.80. The number of aryl methyl sites for hydroxylation is 2. The first-order chi connectivity index (χ1) is 12.1. The van der Waals surface area contributed by atoms with Crippen molar-refractivity contribution >= 4 is 11.7 Å². The van der Waals surface area contributed by atoms with E-state index in [4.69, 9.17) is 0 Å². The number of nitrogens with zero attached hydrogens (tertiary/aromatic N) is 3. The molecule has 6 nitrogen and oxygen atoms in total. The van der Waals surface area contributed by atoms with E-state index in [0.29, 0.717) is 12.4 Å². The number of hydrogen-bond donors (Lipinski definition) is 2. The molecule has 1 atom stereocenters. The van der Waals surface area contributed by atoms with Gasteiger partial charge in [0.05, 0.1) is 24.5 Å². The van der Waals surface area contributed by atoms with Crippen LogP contribution in [0.4, 0.5) is 5.82 Å². The van der Waals surface area contributed by atoms with E-state index in [2.05, 4.69) is 15.3 Å². The summed E-state index contributed by atoms with van der Waals surface area (Å²) in [5.74, 6) is 0.595. The maximum absolute atomic E-state index is 12.5. The first kappa shape index (κ1) is 17.6. The minimum atomic E-state index is -0.0754. The molecule has 25 heavy (non-hydrogen) atoms. The number of amides is 1. The van der Waals surface area contributed by atoms with E-state index >= 15 is 0 Å². The molecule has 1 aromatic heterocycles. The van der Waals surface area contributed by atoms with Crippen molar-refractivity contribution in [1.82, 2.24) is 14.7 Å².